The Bertz CT molecular complexity index is 414. The van der Waals surface area contributed by atoms with Crippen molar-refractivity contribution in [2.24, 2.45) is 0 Å². The summed E-state index contributed by atoms with van der Waals surface area (Å²) in [5.74, 6) is -0.270. The Morgan fingerprint density at radius 3 is 2.60 bits per heavy atom. The molecule has 1 aromatic carbocycles. The highest BCUT2D eigenvalue weighted by Gasteiger charge is 2.29. The molecule has 1 amide bonds. The van der Waals surface area contributed by atoms with Crippen LogP contribution in [-0.4, -0.2) is 23.3 Å². The molecule has 78 valence electrons. The normalized spacial score (nSPS) is 16.2. The zero-order chi connectivity index (χ0) is 10.8. The first-order valence-corrected chi connectivity index (χ1v) is 4.73. The van der Waals surface area contributed by atoms with Crippen molar-refractivity contribution in [1.82, 2.24) is 0 Å². The van der Waals surface area contributed by atoms with Gasteiger partial charge in [-0.05, 0) is 6.07 Å². The summed E-state index contributed by atoms with van der Waals surface area (Å²) in [5.41, 5.74) is 1.30. The molecule has 4 nitrogen and oxygen atoms in total. The number of hydrogen-bond donors (Lipinski definition) is 1. The van der Waals surface area contributed by atoms with Gasteiger partial charge in [0, 0.05) is 11.3 Å². The van der Waals surface area contributed by atoms with Crippen LogP contribution in [-0.2, 0) is 16.2 Å². The van der Waals surface area contributed by atoms with Gasteiger partial charge in [0.15, 0.2) is 5.78 Å². The van der Waals surface area contributed by atoms with E-state index < -0.39 is 0 Å². The maximum atomic E-state index is 11.5. The van der Waals surface area contributed by atoms with Gasteiger partial charge >= 0.3 is 0 Å². The summed E-state index contributed by atoms with van der Waals surface area (Å²) in [6.07, 6.45) is -0.0280. The van der Waals surface area contributed by atoms with E-state index in [-0.39, 0.29) is 31.3 Å². The highest BCUT2D eigenvalue weighted by Crippen LogP contribution is 2.23. The van der Waals surface area contributed by atoms with Crippen LogP contribution in [0.2, 0.25) is 0 Å². The lowest BCUT2D eigenvalue weighted by Gasteiger charge is -2.17. The van der Waals surface area contributed by atoms with E-state index in [2.05, 4.69) is 0 Å². The fourth-order valence-corrected chi connectivity index (χ4v) is 1.71. The van der Waals surface area contributed by atoms with E-state index >= 15 is 0 Å². The van der Waals surface area contributed by atoms with Gasteiger partial charge in [0.1, 0.15) is 0 Å². The molecule has 0 radical (unpaired) electrons. The molecule has 0 unspecified atom stereocenters. The molecule has 1 aliphatic rings. The van der Waals surface area contributed by atoms with Gasteiger partial charge in [0.25, 0.3) is 0 Å². The van der Waals surface area contributed by atoms with Gasteiger partial charge in [-0.2, -0.15) is 0 Å². The number of Topliss-reactive ketones (excluding diaryl/α,β-unsaturated/α-hetero) is 1. The molecule has 1 N–H and O–H groups in total. The summed E-state index contributed by atoms with van der Waals surface area (Å²) in [7, 11) is 0. The molecule has 4 heteroatoms. The maximum absolute atomic E-state index is 11.5. The van der Waals surface area contributed by atoms with Crippen LogP contribution >= 0.6 is 0 Å². The average Bonchev–Trinajstić information content (AvgIpc) is 2.57. The number of carbonyl (C=O) groups excluding carboxylic acids is 2. The molecule has 1 fully saturated rings. The van der Waals surface area contributed by atoms with Crippen LogP contribution in [0.25, 0.3) is 0 Å². The SMILES string of the molecule is O=C1CC(=O)N(c2ccccc2CO)C1. The third kappa shape index (κ3) is 1.76. The first-order chi connectivity index (χ1) is 7.22. The van der Waals surface area contributed by atoms with Crippen molar-refractivity contribution >= 4 is 17.4 Å². The van der Waals surface area contributed by atoms with Crippen LogP contribution in [0.5, 0.6) is 0 Å². The highest BCUT2D eigenvalue weighted by molar-refractivity contribution is 6.15. The molecular formula is C11H11NO3. The number of aliphatic hydroxyl groups is 1. The molecule has 0 atom stereocenters. The van der Waals surface area contributed by atoms with Crippen molar-refractivity contribution in [3.63, 3.8) is 0 Å². The molecule has 1 aliphatic heterocycles. The Morgan fingerprint density at radius 2 is 2.00 bits per heavy atom. The van der Waals surface area contributed by atoms with Crippen molar-refractivity contribution in [2.75, 3.05) is 11.4 Å². The van der Waals surface area contributed by atoms with Crippen LogP contribution in [0.3, 0.4) is 0 Å². The number of rotatable bonds is 2. The zero-order valence-corrected chi connectivity index (χ0v) is 8.14. The fraction of sp³-hybridized carbons (Fsp3) is 0.273. The summed E-state index contributed by atoms with van der Waals surface area (Å²) in [6.45, 7) is -0.00993. The first-order valence-electron chi connectivity index (χ1n) is 4.73. The minimum atomic E-state index is -0.194. The topological polar surface area (TPSA) is 57.6 Å². The minimum absolute atomic E-state index is 0.0280. The molecule has 0 saturated carbocycles. The molecule has 2 rings (SSSR count). The Labute approximate surface area is 87.1 Å². The summed E-state index contributed by atoms with van der Waals surface area (Å²) in [6, 6.07) is 7.05. The van der Waals surface area contributed by atoms with Gasteiger partial charge in [0.2, 0.25) is 5.91 Å². The van der Waals surface area contributed by atoms with E-state index in [9.17, 15) is 9.59 Å². The highest BCUT2D eigenvalue weighted by atomic mass is 16.3. The smallest absolute Gasteiger partial charge is 0.234 e. The molecule has 0 spiro atoms. The molecule has 0 aliphatic carbocycles. The third-order valence-electron chi connectivity index (χ3n) is 2.44. The lowest BCUT2D eigenvalue weighted by atomic mass is 10.2. The van der Waals surface area contributed by atoms with Gasteiger partial charge in [-0.1, -0.05) is 18.2 Å². The number of para-hydroxylation sites is 1. The van der Waals surface area contributed by atoms with Gasteiger partial charge in [-0.15, -0.1) is 0 Å². The predicted molar refractivity (Wildman–Crippen MR) is 54.3 cm³/mol. The van der Waals surface area contributed by atoms with Crippen LogP contribution in [0.4, 0.5) is 5.69 Å². The second-order valence-electron chi connectivity index (χ2n) is 3.48. The van der Waals surface area contributed by atoms with E-state index in [0.717, 1.165) is 0 Å². The number of aliphatic hydroxyl groups excluding tert-OH is 1. The van der Waals surface area contributed by atoms with Gasteiger partial charge in [-0.3, -0.25) is 9.59 Å². The number of anilines is 1. The molecule has 1 saturated heterocycles. The second kappa shape index (κ2) is 3.82. The number of carbonyl (C=O) groups is 2. The van der Waals surface area contributed by atoms with Gasteiger partial charge in [-0.25, -0.2) is 0 Å². The fourth-order valence-electron chi connectivity index (χ4n) is 1.71. The van der Waals surface area contributed by atoms with Crippen LogP contribution < -0.4 is 4.90 Å². The number of nitrogens with zero attached hydrogens (tertiary/aromatic N) is 1. The summed E-state index contributed by atoms with van der Waals surface area (Å²) < 4.78 is 0. The standard InChI is InChI=1S/C11H11NO3/c13-7-8-3-1-2-4-10(8)12-6-9(14)5-11(12)15/h1-4,13H,5-7H2. The van der Waals surface area contributed by atoms with E-state index in [0.29, 0.717) is 11.3 Å². The third-order valence-corrected chi connectivity index (χ3v) is 2.44. The summed E-state index contributed by atoms with van der Waals surface area (Å²) >= 11 is 0. The lowest BCUT2D eigenvalue weighted by molar-refractivity contribution is -0.121. The van der Waals surface area contributed by atoms with Crippen molar-refractivity contribution in [2.45, 2.75) is 13.0 Å². The van der Waals surface area contributed by atoms with E-state index in [1.807, 2.05) is 0 Å². The van der Waals surface area contributed by atoms with Crippen LogP contribution in [0.1, 0.15) is 12.0 Å². The monoisotopic (exact) mass is 205 g/mol. The summed E-state index contributed by atoms with van der Waals surface area (Å²) in [5, 5.41) is 9.11. The second-order valence-corrected chi connectivity index (χ2v) is 3.48. The quantitative estimate of drug-likeness (QED) is 0.714. The van der Waals surface area contributed by atoms with Crippen molar-refractivity contribution in [3.8, 4) is 0 Å². The van der Waals surface area contributed by atoms with Crippen LogP contribution in [0, 0.1) is 0 Å². The van der Waals surface area contributed by atoms with Gasteiger partial charge < -0.3 is 10.0 Å². The van der Waals surface area contributed by atoms with Crippen molar-refractivity contribution in [3.05, 3.63) is 29.8 Å². The molecule has 0 bridgehead atoms. The Morgan fingerprint density at radius 1 is 1.27 bits per heavy atom. The van der Waals surface area contributed by atoms with Crippen LogP contribution in [0.15, 0.2) is 24.3 Å². The number of hydrogen-bond acceptors (Lipinski definition) is 3. The Hall–Kier alpha value is -1.68. The summed E-state index contributed by atoms with van der Waals surface area (Å²) in [4.78, 5) is 24.0. The van der Waals surface area contributed by atoms with E-state index in [4.69, 9.17) is 5.11 Å². The number of ketones is 1. The van der Waals surface area contributed by atoms with E-state index in [1.54, 1.807) is 24.3 Å². The molecular weight excluding hydrogens is 194 g/mol. The molecule has 1 heterocycles. The lowest BCUT2D eigenvalue weighted by Crippen LogP contribution is -2.25. The van der Waals surface area contributed by atoms with Crippen molar-refractivity contribution < 1.29 is 14.7 Å². The van der Waals surface area contributed by atoms with Gasteiger partial charge in [0.05, 0.1) is 19.6 Å². The molecule has 15 heavy (non-hydrogen) atoms. The van der Waals surface area contributed by atoms with E-state index in [1.165, 1.54) is 4.90 Å². The minimum Gasteiger partial charge on any atom is -0.392 e. The predicted octanol–water partition coefficient (Wildman–Crippen LogP) is 0.485. The number of benzene rings is 1. The molecule has 0 aromatic heterocycles. The Balaban J connectivity index is 2.37. The molecule has 1 aromatic rings. The maximum Gasteiger partial charge on any atom is 0.234 e. The van der Waals surface area contributed by atoms with Crippen molar-refractivity contribution in [1.29, 1.82) is 0 Å². The largest absolute Gasteiger partial charge is 0.392 e. The Kier molecular flexibility index (Phi) is 2.51. The number of amides is 1. The zero-order valence-electron chi connectivity index (χ0n) is 8.14. The average molecular weight is 205 g/mol. The first kappa shape index (κ1) is 9.86.